The summed E-state index contributed by atoms with van der Waals surface area (Å²) in [4.78, 5) is 10.7. The van der Waals surface area contributed by atoms with Crippen LogP contribution in [-0.4, -0.2) is 36.9 Å². The number of carbonyl (C=O) groups excluding carboxylic acids is 1. The second-order valence-corrected chi connectivity index (χ2v) is 5.43. The number of benzene rings is 1. The van der Waals surface area contributed by atoms with Gasteiger partial charge < -0.3 is 15.7 Å². The minimum atomic E-state index is -4.84. The summed E-state index contributed by atoms with van der Waals surface area (Å²) < 4.78 is 36.1. The first-order valence-corrected chi connectivity index (χ1v) is 7.18. The van der Waals surface area contributed by atoms with Gasteiger partial charge in [0, 0.05) is 6.54 Å². The zero-order valence-corrected chi connectivity index (χ0v) is 12.0. The summed E-state index contributed by atoms with van der Waals surface area (Å²) in [6.45, 7) is 0.278. The number of aliphatic hydroxyl groups is 1. The highest BCUT2D eigenvalue weighted by Gasteiger charge is 2.39. The molecule has 1 atom stereocenters. The zero-order valence-electron chi connectivity index (χ0n) is 12.0. The van der Waals surface area contributed by atoms with Crippen LogP contribution in [0.2, 0.25) is 0 Å². The first-order valence-electron chi connectivity index (χ1n) is 7.18. The number of halogens is 3. The van der Waals surface area contributed by atoms with Crippen LogP contribution in [0.4, 0.5) is 13.2 Å². The van der Waals surface area contributed by atoms with Crippen LogP contribution in [0.1, 0.15) is 24.0 Å². The molecule has 1 aromatic rings. The van der Waals surface area contributed by atoms with Crippen molar-refractivity contribution < 1.29 is 23.1 Å². The Labute approximate surface area is 126 Å². The highest BCUT2D eigenvalue weighted by molar-refractivity contribution is 5.81. The molecule has 0 spiro atoms. The predicted octanol–water partition coefficient (Wildman–Crippen LogP) is 1.48. The fraction of sp³-hybridized carbons (Fsp3) is 0.533. The Morgan fingerprint density at radius 3 is 2.68 bits per heavy atom. The predicted molar refractivity (Wildman–Crippen MR) is 75.2 cm³/mol. The van der Waals surface area contributed by atoms with Gasteiger partial charge in [-0.15, -0.1) is 0 Å². The van der Waals surface area contributed by atoms with Gasteiger partial charge in [-0.3, -0.25) is 4.79 Å². The van der Waals surface area contributed by atoms with Crippen LogP contribution in [0, 0.1) is 0 Å². The molecule has 7 heteroatoms. The number of aryl methyl sites for hydroxylation is 1. The quantitative estimate of drug-likeness (QED) is 0.697. The minimum Gasteiger partial charge on any atom is -0.394 e. The molecule has 0 bridgehead atoms. The first-order chi connectivity index (χ1) is 10.4. The highest BCUT2D eigenvalue weighted by atomic mass is 19.4. The number of nitrogens with one attached hydrogen (secondary N) is 2. The molecular weight excluding hydrogens is 297 g/mol. The van der Waals surface area contributed by atoms with E-state index in [0.29, 0.717) is 13.0 Å². The Balaban J connectivity index is 1.83. The molecule has 2 rings (SSSR count). The molecule has 4 nitrogen and oxygen atoms in total. The van der Waals surface area contributed by atoms with Crippen molar-refractivity contribution in [2.45, 2.75) is 31.0 Å². The molecule has 0 aliphatic heterocycles. The normalized spacial score (nSPS) is 20.7. The molecule has 0 fully saturated rings. The van der Waals surface area contributed by atoms with Gasteiger partial charge in [-0.25, -0.2) is 0 Å². The summed E-state index contributed by atoms with van der Waals surface area (Å²) >= 11 is 0. The van der Waals surface area contributed by atoms with E-state index in [4.69, 9.17) is 0 Å². The summed E-state index contributed by atoms with van der Waals surface area (Å²) in [7, 11) is 0. The van der Waals surface area contributed by atoms with E-state index in [1.165, 1.54) is 5.56 Å². The molecule has 122 valence electrons. The van der Waals surface area contributed by atoms with Crippen molar-refractivity contribution in [1.82, 2.24) is 10.6 Å². The molecule has 0 heterocycles. The van der Waals surface area contributed by atoms with Gasteiger partial charge in [0.1, 0.15) is 0 Å². The number of amides is 1. The Bertz CT molecular complexity index is 534. The minimum absolute atomic E-state index is 0.0610. The second-order valence-electron chi connectivity index (χ2n) is 5.43. The number of hydrogen-bond donors (Lipinski definition) is 3. The SMILES string of the molecule is O=C(NCCCNC1(CO)CCc2ccccc21)C(F)(F)F. The Hall–Kier alpha value is -1.60. The maximum atomic E-state index is 12.0. The third-order valence-corrected chi connectivity index (χ3v) is 3.98. The fourth-order valence-corrected chi connectivity index (χ4v) is 2.81. The second kappa shape index (κ2) is 6.66. The van der Waals surface area contributed by atoms with Crippen molar-refractivity contribution in [2.75, 3.05) is 19.7 Å². The van der Waals surface area contributed by atoms with E-state index in [9.17, 15) is 23.1 Å². The van der Waals surface area contributed by atoms with E-state index in [1.807, 2.05) is 29.6 Å². The number of rotatable bonds is 6. The van der Waals surface area contributed by atoms with Crippen molar-refractivity contribution in [3.8, 4) is 0 Å². The van der Waals surface area contributed by atoms with Gasteiger partial charge in [0.2, 0.25) is 0 Å². The van der Waals surface area contributed by atoms with Crippen molar-refractivity contribution in [3.63, 3.8) is 0 Å². The zero-order chi connectivity index (χ0) is 16.2. The number of hydrogen-bond acceptors (Lipinski definition) is 3. The molecule has 1 aliphatic rings. The average molecular weight is 316 g/mol. The lowest BCUT2D eigenvalue weighted by Gasteiger charge is -2.30. The molecule has 0 radical (unpaired) electrons. The largest absolute Gasteiger partial charge is 0.471 e. The molecule has 1 aliphatic carbocycles. The summed E-state index contributed by atoms with van der Waals surface area (Å²) in [5.41, 5.74) is 1.68. The van der Waals surface area contributed by atoms with Crippen LogP contribution in [0.15, 0.2) is 24.3 Å². The van der Waals surface area contributed by atoms with Crippen molar-refractivity contribution >= 4 is 5.91 Å². The fourth-order valence-electron chi connectivity index (χ4n) is 2.81. The van der Waals surface area contributed by atoms with Crippen molar-refractivity contribution in [3.05, 3.63) is 35.4 Å². The van der Waals surface area contributed by atoms with Crippen molar-refractivity contribution in [2.24, 2.45) is 0 Å². The maximum absolute atomic E-state index is 12.0. The van der Waals surface area contributed by atoms with E-state index in [2.05, 4.69) is 5.32 Å². The first kappa shape index (κ1) is 16.8. The standard InChI is InChI=1S/C15H19F3N2O2/c16-15(17,18)13(22)19-8-3-9-20-14(10-21)7-6-11-4-1-2-5-12(11)14/h1-2,4-5,20-21H,3,6-10H2,(H,19,22). The van der Waals surface area contributed by atoms with Crippen LogP contribution in [0.5, 0.6) is 0 Å². The van der Waals surface area contributed by atoms with Gasteiger partial charge in [-0.05, 0) is 36.9 Å². The molecule has 22 heavy (non-hydrogen) atoms. The highest BCUT2D eigenvalue weighted by Crippen LogP contribution is 2.36. The van der Waals surface area contributed by atoms with E-state index in [-0.39, 0.29) is 13.2 Å². The van der Waals surface area contributed by atoms with Crippen molar-refractivity contribution in [1.29, 1.82) is 0 Å². The summed E-state index contributed by atoms with van der Waals surface area (Å²) in [6, 6.07) is 7.81. The van der Waals surface area contributed by atoms with Crippen LogP contribution in [0.3, 0.4) is 0 Å². The van der Waals surface area contributed by atoms with Gasteiger partial charge >= 0.3 is 12.1 Å². The third kappa shape index (κ3) is 3.59. The van der Waals surface area contributed by atoms with E-state index in [1.54, 1.807) is 0 Å². The molecule has 3 N–H and O–H groups in total. The van der Waals surface area contributed by atoms with E-state index >= 15 is 0 Å². The molecule has 1 aromatic carbocycles. The number of fused-ring (bicyclic) bond motifs is 1. The Morgan fingerprint density at radius 2 is 2.00 bits per heavy atom. The Morgan fingerprint density at radius 1 is 1.27 bits per heavy atom. The van der Waals surface area contributed by atoms with E-state index < -0.39 is 17.6 Å². The maximum Gasteiger partial charge on any atom is 0.471 e. The smallest absolute Gasteiger partial charge is 0.394 e. The van der Waals surface area contributed by atoms with Crippen LogP contribution in [-0.2, 0) is 16.8 Å². The Kier molecular flexibility index (Phi) is 5.08. The van der Waals surface area contributed by atoms with Gasteiger partial charge in [-0.1, -0.05) is 24.3 Å². The van der Waals surface area contributed by atoms with Crippen LogP contribution in [0.25, 0.3) is 0 Å². The lowest BCUT2D eigenvalue weighted by molar-refractivity contribution is -0.173. The average Bonchev–Trinajstić information content (AvgIpc) is 2.85. The molecular formula is C15H19F3N2O2. The summed E-state index contributed by atoms with van der Waals surface area (Å²) in [5, 5.41) is 14.8. The number of alkyl halides is 3. The van der Waals surface area contributed by atoms with E-state index in [0.717, 1.165) is 18.4 Å². The summed E-state index contributed by atoms with van der Waals surface area (Å²) in [6.07, 6.45) is -2.89. The topological polar surface area (TPSA) is 61.4 Å². The molecule has 0 aromatic heterocycles. The molecule has 1 amide bonds. The number of carbonyl (C=O) groups is 1. The summed E-state index contributed by atoms with van der Waals surface area (Å²) in [5.74, 6) is -1.92. The van der Waals surface area contributed by atoms with Gasteiger partial charge in [0.15, 0.2) is 0 Å². The number of aliphatic hydroxyl groups excluding tert-OH is 1. The van der Waals surface area contributed by atoms with Gasteiger partial charge in [-0.2, -0.15) is 13.2 Å². The third-order valence-electron chi connectivity index (χ3n) is 3.98. The van der Waals surface area contributed by atoms with Crippen LogP contribution < -0.4 is 10.6 Å². The van der Waals surface area contributed by atoms with Gasteiger partial charge in [0.05, 0.1) is 12.1 Å². The monoisotopic (exact) mass is 316 g/mol. The molecule has 0 saturated heterocycles. The van der Waals surface area contributed by atoms with Gasteiger partial charge in [0.25, 0.3) is 0 Å². The lowest BCUT2D eigenvalue weighted by Crippen LogP contribution is -2.45. The molecule has 0 saturated carbocycles. The molecule has 1 unspecified atom stereocenters. The lowest BCUT2D eigenvalue weighted by atomic mass is 9.92. The van der Waals surface area contributed by atoms with Crippen LogP contribution >= 0.6 is 0 Å².